The summed E-state index contributed by atoms with van der Waals surface area (Å²) in [4.78, 5) is 34.6. The van der Waals surface area contributed by atoms with Crippen LogP contribution < -0.4 is 16.2 Å². The molecule has 0 aliphatic heterocycles. The first-order chi connectivity index (χ1) is 11.0. The highest BCUT2D eigenvalue weighted by Gasteiger charge is 2.16. The molecule has 0 spiro atoms. The normalized spacial score (nSPS) is 11.7. The zero-order valence-electron chi connectivity index (χ0n) is 11.7. The maximum Gasteiger partial charge on any atom is 0.271 e. The lowest BCUT2D eigenvalue weighted by Crippen LogP contribution is -2.46. The van der Waals surface area contributed by atoms with Crippen LogP contribution in [0.25, 0.3) is 0 Å². The van der Waals surface area contributed by atoms with Gasteiger partial charge in [-0.05, 0) is 17.7 Å². The first-order valence-corrected chi connectivity index (χ1v) is 6.87. The second kappa shape index (κ2) is 7.56. The zero-order valence-corrected chi connectivity index (χ0v) is 12.5. The van der Waals surface area contributed by atoms with E-state index in [4.69, 9.17) is 16.0 Å². The summed E-state index contributed by atoms with van der Waals surface area (Å²) in [6.07, 6.45) is 1.18. The van der Waals surface area contributed by atoms with E-state index in [0.717, 1.165) is 6.07 Å². The van der Waals surface area contributed by atoms with Crippen molar-refractivity contribution in [3.63, 3.8) is 0 Å². The highest BCUT2D eigenvalue weighted by Crippen LogP contribution is 2.12. The number of aromatic nitrogens is 2. The zero-order chi connectivity index (χ0) is 16.8. The van der Waals surface area contributed by atoms with Crippen molar-refractivity contribution >= 4 is 23.4 Å². The van der Waals surface area contributed by atoms with Gasteiger partial charge in [-0.3, -0.25) is 14.4 Å². The molecule has 2 rings (SSSR count). The van der Waals surface area contributed by atoms with Crippen LogP contribution in [-0.2, 0) is 0 Å². The molecule has 122 valence electrons. The van der Waals surface area contributed by atoms with Crippen LogP contribution in [0.1, 0.15) is 20.8 Å². The van der Waals surface area contributed by atoms with Gasteiger partial charge in [-0.25, -0.2) is 5.10 Å². The van der Waals surface area contributed by atoms with E-state index >= 15 is 0 Å². The highest BCUT2D eigenvalue weighted by atomic mass is 35.5. The number of halogens is 1. The third kappa shape index (κ3) is 4.66. The first-order valence-electron chi connectivity index (χ1n) is 6.49. The van der Waals surface area contributed by atoms with Gasteiger partial charge in [0.05, 0.1) is 18.2 Å². The van der Waals surface area contributed by atoms with Crippen LogP contribution in [0, 0.1) is 0 Å². The largest absolute Gasteiger partial charge is 0.452 e. The lowest BCUT2D eigenvalue weighted by atomic mass is 10.2. The molecule has 2 heterocycles. The number of carbonyl (C=O) groups is 2. The Kier molecular flexibility index (Phi) is 5.50. The molecule has 0 bridgehead atoms. The molecule has 2 amide bonds. The van der Waals surface area contributed by atoms with Crippen molar-refractivity contribution in [3.05, 3.63) is 51.3 Å². The molecule has 0 unspecified atom stereocenters. The van der Waals surface area contributed by atoms with E-state index in [2.05, 4.69) is 20.8 Å². The van der Waals surface area contributed by atoms with Gasteiger partial charge >= 0.3 is 0 Å². The minimum atomic E-state index is -0.720. The summed E-state index contributed by atoms with van der Waals surface area (Å²) in [7, 11) is 0. The number of nitrogens with zero attached hydrogens (tertiary/aromatic N) is 1. The molecular weight excluding hydrogens is 328 g/mol. The topological polar surface area (TPSA) is 137 Å². The van der Waals surface area contributed by atoms with Gasteiger partial charge in [-0.2, -0.15) is 5.10 Å². The molecule has 0 aromatic carbocycles. The Bertz CT molecular complexity index is 736. The van der Waals surface area contributed by atoms with Crippen molar-refractivity contribution in [3.8, 4) is 0 Å². The summed E-state index contributed by atoms with van der Waals surface area (Å²) in [5.41, 5.74) is -0.225. The van der Waals surface area contributed by atoms with Gasteiger partial charge in [0, 0.05) is 18.7 Å². The fourth-order valence-corrected chi connectivity index (χ4v) is 1.80. The first kappa shape index (κ1) is 16.7. The Hall–Kier alpha value is -2.65. The summed E-state index contributed by atoms with van der Waals surface area (Å²) in [6.45, 7) is -0.426. The third-order valence-corrected chi connectivity index (χ3v) is 3.00. The number of aliphatic hydroxyl groups is 1. The van der Waals surface area contributed by atoms with Crippen molar-refractivity contribution in [2.45, 2.75) is 6.04 Å². The van der Waals surface area contributed by atoms with Gasteiger partial charge in [0.15, 0.2) is 5.22 Å². The summed E-state index contributed by atoms with van der Waals surface area (Å²) >= 11 is 5.57. The van der Waals surface area contributed by atoms with Crippen LogP contribution in [0.2, 0.25) is 5.22 Å². The minimum absolute atomic E-state index is 0.00855. The molecule has 0 radical (unpaired) electrons. The second-order valence-corrected chi connectivity index (χ2v) is 4.88. The molecule has 1 atom stereocenters. The van der Waals surface area contributed by atoms with Gasteiger partial charge in [-0.15, -0.1) is 0 Å². The van der Waals surface area contributed by atoms with Crippen LogP contribution in [0.4, 0.5) is 0 Å². The van der Waals surface area contributed by atoms with Gasteiger partial charge in [0.25, 0.3) is 17.4 Å². The number of hydrogen-bond donors (Lipinski definition) is 4. The quantitative estimate of drug-likeness (QED) is 0.561. The molecule has 0 saturated heterocycles. The Labute approximate surface area is 134 Å². The Balaban J connectivity index is 1.89. The van der Waals surface area contributed by atoms with Crippen LogP contribution in [0.3, 0.4) is 0 Å². The SMILES string of the molecule is O=C(N[C@@H](CO)CNC(=O)c1ccc(=O)[nH]n1)c1coc(Cl)c1. The standard InChI is InChI=1S/C13H13ClN4O5/c14-10-3-7(6-23-10)12(21)16-8(5-19)4-15-13(22)9-1-2-11(20)18-17-9/h1-3,6,8,19H,4-5H2,(H,15,22)(H,16,21)(H,18,20)/t8-/m1/s1. The maximum atomic E-state index is 11.9. The monoisotopic (exact) mass is 340 g/mol. The molecule has 2 aromatic rings. The predicted molar refractivity (Wildman–Crippen MR) is 79.2 cm³/mol. The molecule has 9 nitrogen and oxygen atoms in total. The predicted octanol–water partition coefficient (Wildman–Crippen LogP) is -0.463. The third-order valence-electron chi connectivity index (χ3n) is 2.81. The summed E-state index contributed by atoms with van der Waals surface area (Å²) in [6, 6.07) is 3.03. The van der Waals surface area contributed by atoms with Crippen molar-refractivity contribution in [2.24, 2.45) is 0 Å². The Morgan fingerprint density at radius 2 is 2.17 bits per heavy atom. The van der Waals surface area contributed by atoms with Crippen LogP contribution in [0.5, 0.6) is 0 Å². The van der Waals surface area contributed by atoms with E-state index < -0.39 is 30.0 Å². The fourth-order valence-electron chi connectivity index (χ4n) is 1.64. The van der Waals surface area contributed by atoms with Crippen molar-refractivity contribution in [2.75, 3.05) is 13.2 Å². The molecule has 0 aliphatic carbocycles. The molecule has 0 aliphatic rings. The Morgan fingerprint density at radius 1 is 1.39 bits per heavy atom. The molecule has 23 heavy (non-hydrogen) atoms. The fraction of sp³-hybridized carbons (Fsp3) is 0.231. The van der Waals surface area contributed by atoms with Gasteiger partial charge in [0.1, 0.15) is 12.0 Å². The van der Waals surface area contributed by atoms with E-state index in [1.807, 2.05) is 0 Å². The number of carbonyl (C=O) groups excluding carboxylic acids is 2. The lowest BCUT2D eigenvalue weighted by molar-refractivity contribution is 0.0885. The van der Waals surface area contributed by atoms with Crippen molar-refractivity contribution < 1.29 is 19.1 Å². The number of aliphatic hydroxyl groups excluding tert-OH is 1. The number of aromatic amines is 1. The lowest BCUT2D eigenvalue weighted by Gasteiger charge is -2.16. The molecular formula is C13H13ClN4O5. The van der Waals surface area contributed by atoms with Crippen LogP contribution in [0.15, 0.2) is 33.7 Å². The smallest absolute Gasteiger partial charge is 0.271 e. The van der Waals surface area contributed by atoms with Crippen molar-refractivity contribution in [1.29, 1.82) is 0 Å². The molecule has 2 aromatic heterocycles. The van der Waals surface area contributed by atoms with Gasteiger partial charge in [0.2, 0.25) is 0 Å². The number of rotatable bonds is 6. The van der Waals surface area contributed by atoms with E-state index in [1.54, 1.807) is 0 Å². The number of nitrogens with one attached hydrogen (secondary N) is 3. The Morgan fingerprint density at radius 3 is 2.74 bits per heavy atom. The number of hydrogen-bond acceptors (Lipinski definition) is 6. The second-order valence-electron chi connectivity index (χ2n) is 4.51. The average molecular weight is 341 g/mol. The van der Waals surface area contributed by atoms with E-state index in [9.17, 15) is 19.5 Å². The highest BCUT2D eigenvalue weighted by molar-refractivity contribution is 6.29. The van der Waals surface area contributed by atoms with E-state index in [1.165, 1.54) is 18.4 Å². The summed E-state index contributed by atoms with van der Waals surface area (Å²) in [5, 5.41) is 20.0. The van der Waals surface area contributed by atoms with E-state index in [0.29, 0.717) is 0 Å². The molecule has 10 heteroatoms. The molecule has 4 N–H and O–H groups in total. The number of furan rings is 1. The minimum Gasteiger partial charge on any atom is -0.452 e. The number of amides is 2. The molecule has 0 saturated carbocycles. The number of H-pyrrole nitrogens is 1. The van der Waals surface area contributed by atoms with E-state index in [-0.39, 0.29) is 23.0 Å². The summed E-state index contributed by atoms with van der Waals surface area (Å²) < 4.78 is 4.80. The van der Waals surface area contributed by atoms with Gasteiger partial charge in [-0.1, -0.05) is 0 Å². The van der Waals surface area contributed by atoms with Crippen LogP contribution >= 0.6 is 11.6 Å². The van der Waals surface area contributed by atoms with Crippen molar-refractivity contribution in [1.82, 2.24) is 20.8 Å². The van der Waals surface area contributed by atoms with Gasteiger partial charge < -0.3 is 20.2 Å². The molecule has 0 fully saturated rings. The average Bonchev–Trinajstić information content (AvgIpc) is 2.98. The van der Waals surface area contributed by atoms with Crippen LogP contribution in [-0.4, -0.2) is 46.3 Å². The maximum absolute atomic E-state index is 11.9. The summed E-state index contributed by atoms with van der Waals surface area (Å²) in [5.74, 6) is -1.06.